The fourth-order valence-corrected chi connectivity index (χ4v) is 2.56. The van der Waals surface area contributed by atoms with Crippen molar-refractivity contribution in [2.75, 3.05) is 6.54 Å². The molecule has 0 heterocycles. The Bertz CT molecular complexity index is 466. The van der Waals surface area contributed by atoms with Gasteiger partial charge < -0.3 is 10.8 Å². The first-order valence-electron chi connectivity index (χ1n) is 7.85. The van der Waals surface area contributed by atoms with E-state index in [1.54, 1.807) is 0 Å². The summed E-state index contributed by atoms with van der Waals surface area (Å²) in [6, 6.07) is 4.31. The van der Waals surface area contributed by atoms with Gasteiger partial charge in [0.05, 0.1) is 0 Å². The van der Waals surface area contributed by atoms with Crippen LogP contribution in [0.2, 0.25) is 0 Å². The van der Waals surface area contributed by atoms with Crippen LogP contribution in [-0.4, -0.2) is 11.7 Å². The van der Waals surface area contributed by atoms with Gasteiger partial charge in [-0.15, -0.1) is 0 Å². The molecule has 120 valence electrons. The molecular weight excluding hydrogens is 258 g/mol. The van der Waals surface area contributed by atoms with E-state index >= 15 is 0 Å². The highest BCUT2D eigenvalue weighted by Gasteiger charge is 2.27. The molecule has 0 aliphatic rings. The van der Waals surface area contributed by atoms with E-state index < -0.39 is 0 Å². The topological polar surface area (TPSA) is 46.2 Å². The van der Waals surface area contributed by atoms with Crippen molar-refractivity contribution in [1.82, 2.24) is 0 Å². The molecule has 21 heavy (non-hydrogen) atoms. The largest absolute Gasteiger partial charge is 0.507 e. The second kappa shape index (κ2) is 5.64. The Labute approximate surface area is 130 Å². The molecule has 0 aromatic heterocycles. The van der Waals surface area contributed by atoms with Crippen molar-refractivity contribution >= 4 is 0 Å². The van der Waals surface area contributed by atoms with Crippen LogP contribution in [0.15, 0.2) is 12.1 Å². The maximum absolute atomic E-state index is 10.7. The SMILES string of the molecule is CC(C)(CN)Cc1cc(C(C)(C)C)c(O)c(C(C)(C)C)c1. The third-order valence-corrected chi connectivity index (χ3v) is 4.02. The Morgan fingerprint density at radius 2 is 1.24 bits per heavy atom. The first kappa shape index (κ1) is 18.0. The molecular formula is C19H33NO. The molecule has 0 amide bonds. The molecule has 0 unspecified atom stereocenters. The van der Waals surface area contributed by atoms with Crippen molar-refractivity contribution in [2.45, 2.75) is 72.6 Å². The van der Waals surface area contributed by atoms with Crippen LogP contribution in [0.4, 0.5) is 0 Å². The first-order valence-corrected chi connectivity index (χ1v) is 7.85. The van der Waals surface area contributed by atoms with Gasteiger partial charge in [-0.1, -0.05) is 67.5 Å². The molecule has 0 atom stereocenters. The summed E-state index contributed by atoms with van der Waals surface area (Å²) in [6.07, 6.45) is 0.927. The lowest BCUT2D eigenvalue weighted by molar-refractivity contribution is 0.374. The molecule has 0 bridgehead atoms. The molecule has 0 spiro atoms. The van der Waals surface area contributed by atoms with E-state index in [0.29, 0.717) is 12.3 Å². The zero-order valence-corrected chi connectivity index (χ0v) is 15.1. The van der Waals surface area contributed by atoms with Gasteiger partial charge in [-0.25, -0.2) is 0 Å². The van der Waals surface area contributed by atoms with E-state index in [-0.39, 0.29) is 16.2 Å². The minimum Gasteiger partial charge on any atom is -0.507 e. The van der Waals surface area contributed by atoms with E-state index in [0.717, 1.165) is 17.5 Å². The van der Waals surface area contributed by atoms with E-state index in [1.165, 1.54) is 5.56 Å². The second-order valence-corrected chi connectivity index (χ2v) is 9.08. The molecule has 0 radical (unpaired) electrons. The van der Waals surface area contributed by atoms with Crippen LogP contribution >= 0.6 is 0 Å². The highest BCUT2D eigenvalue weighted by Crippen LogP contribution is 2.40. The maximum Gasteiger partial charge on any atom is 0.123 e. The number of phenolic OH excluding ortho intramolecular Hbond substituents is 1. The van der Waals surface area contributed by atoms with Crippen molar-refractivity contribution in [3.05, 3.63) is 28.8 Å². The number of aromatic hydroxyl groups is 1. The van der Waals surface area contributed by atoms with Crippen LogP contribution in [0.5, 0.6) is 5.75 Å². The van der Waals surface area contributed by atoms with Gasteiger partial charge in [0.1, 0.15) is 5.75 Å². The molecule has 0 saturated heterocycles. The van der Waals surface area contributed by atoms with Crippen LogP contribution in [0.25, 0.3) is 0 Å². The first-order chi connectivity index (χ1) is 9.28. The van der Waals surface area contributed by atoms with E-state index in [1.807, 2.05) is 0 Å². The zero-order chi connectivity index (χ0) is 16.6. The standard InChI is InChI=1S/C19H33NO/c1-17(2,3)14-9-13(11-19(7,8)12-20)10-15(16(14)21)18(4,5)6/h9-10,21H,11-12,20H2,1-8H3. The Hall–Kier alpha value is -1.02. The van der Waals surface area contributed by atoms with Gasteiger partial charge in [0.2, 0.25) is 0 Å². The molecule has 2 heteroatoms. The average molecular weight is 291 g/mol. The maximum atomic E-state index is 10.7. The highest BCUT2D eigenvalue weighted by molar-refractivity contribution is 5.50. The number of nitrogens with two attached hydrogens (primary N) is 1. The Kier molecular flexibility index (Phi) is 4.84. The molecule has 0 aliphatic heterocycles. The van der Waals surface area contributed by atoms with Gasteiger partial charge >= 0.3 is 0 Å². The molecule has 1 rings (SSSR count). The Morgan fingerprint density at radius 3 is 1.52 bits per heavy atom. The quantitative estimate of drug-likeness (QED) is 0.860. The van der Waals surface area contributed by atoms with Crippen LogP contribution in [0.1, 0.15) is 72.1 Å². The summed E-state index contributed by atoms with van der Waals surface area (Å²) in [6.45, 7) is 17.9. The smallest absolute Gasteiger partial charge is 0.123 e. The lowest BCUT2D eigenvalue weighted by atomic mass is 9.76. The molecule has 1 aromatic carbocycles. The van der Waals surface area contributed by atoms with Gasteiger partial charge in [-0.3, -0.25) is 0 Å². The van der Waals surface area contributed by atoms with Crippen molar-refractivity contribution in [3.8, 4) is 5.75 Å². The fourth-order valence-electron chi connectivity index (χ4n) is 2.56. The molecule has 3 N–H and O–H groups in total. The number of hydrogen-bond acceptors (Lipinski definition) is 2. The summed E-state index contributed by atoms with van der Waals surface area (Å²) in [5.41, 5.74) is 9.11. The molecule has 0 aliphatic carbocycles. The normalized spacial score (nSPS) is 13.6. The number of phenols is 1. The predicted octanol–water partition coefficient (Wildman–Crippen LogP) is 4.51. The van der Waals surface area contributed by atoms with Crippen molar-refractivity contribution < 1.29 is 5.11 Å². The van der Waals surface area contributed by atoms with E-state index in [9.17, 15) is 5.11 Å². The zero-order valence-electron chi connectivity index (χ0n) is 15.1. The van der Waals surface area contributed by atoms with Crippen molar-refractivity contribution in [2.24, 2.45) is 11.1 Å². The fraction of sp³-hybridized carbons (Fsp3) is 0.684. The van der Waals surface area contributed by atoms with E-state index in [2.05, 4.69) is 67.5 Å². The van der Waals surface area contributed by atoms with Gasteiger partial charge in [-0.2, -0.15) is 0 Å². The number of rotatable bonds is 3. The van der Waals surface area contributed by atoms with Crippen molar-refractivity contribution in [1.29, 1.82) is 0 Å². The second-order valence-electron chi connectivity index (χ2n) is 9.08. The summed E-state index contributed by atoms with van der Waals surface area (Å²) >= 11 is 0. The minimum absolute atomic E-state index is 0.0707. The van der Waals surface area contributed by atoms with Crippen molar-refractivity contribution in [3.63, 3.8) is 0 Å². The number of hydrogen-bond donors (Lipinski definition) is 2. The Balaban J connectivity index is 3.48. The third kappa shape index (κ3) is 4.47. The van der Waals surface area contributed by atoms with E-state index in [4.69, 9.17) is 5.73 Å². The molecule has 0 saturated carbocycles. The summed E-state index contributed by atoms with van der Waals surface area (Å²) in [7, 11) is 0. The monoisotopic (exact) mass is 291 g/mol. The molecule has 0 fully saturated rings. The Morgan fingerprint density at radius 1 is 0.857 bits per heavy atom. The minimum atomic E-state index is -0.0764. The van der Waals surface area contributed by atoms with Crippen LogP contribution in [-0.2, 0) is 17.3 Å². The van der Waals surface area contributed by atoms with Gasteiger partial charge in [-0.05, 0) is 45.9 Å². The van der Waals surface area contributed by atoms with Crippen LogP contribution < -0.4 is 5.73 Å². The summed E-state index contributed by atoms with van der Waals surface area (Å²) in [5, 5.41) is 10.7. The molecule has 2 nitrogen and oxygen atoms in total. The summed E-state index contributed by atoms with van der Waals surface area (Å²) in [4.78, 5) is 0. The molecule has 1 aromatic rings. The van der Waals surface area contributed by atoms with Gasteiger partial charge in [0.15, 0.2) is 0 Å². The predicted molar refractivity (Wildman–Crippen MR) is 92.0 cm³/mol. The highest BCUT2D eigenvalue weighted by atomic mass is 16.3. The van der Waals surface area contributed by atoms with Crippen LogP contribution in [0, 0.1) is 5.41 Å². The van der Waals surface area contributed by atoms with Gasteiger partial charge in [0, 0.05) is 0 Å². The van der Waals surface area contributed by atoms with Crippen LogP contribution in [0.3, 0.4) is 0 Å². The summed E-state index contributed by atoms with van der Waals surface area (Å²) < 4.78 is 0. The van der Waals surface area contributed by atoms with Gasteiger partial charge in [0.25, 0.3) is 0 Å². The summed E-state index contributed by atoms with van der Waals surface area (Å²) in [5.74, 6) is 0.448. The lowest BCUT2D eigenvalue weighted by Crippen LogP contribution is -2.26. The number of benzene rings is 1. The third-order valence-electron chi connectivity index (χ3n) is 4.02. The average Bonchev–Trinajstić information content (AvgIpc) is 2.28. The lowest BCUT2D eigenvalue weighted by Gasteiger charge is -2.30.